The topological polar surface area (TPSA) is 93.4 Å². The van der Waals surface area contributed by atoms with Gasteiger partial charge in [0, 0.05) is 29.8 Å². The Morgan fingerprint density at radius 2 is 1.97 bits per heavy atom. The highest BCUT2D eigenvalue weighted by molar-refractivity contribution is 9.10. The van der Waals surface area contributed by atoms with Gasteiger partial charge >= 0.3 is 5.97 Å². The van der Waals surface area contributed by atoms with E-state index >= 15 is 0 Å². The molecule has 0 radical (unpaired) electrons. The van der Waals surface area contributed by atoms with Gasteiger partial charge in [0.05, 0.1) is 35.6 Å². The van der Waals surface area contributed by atoms with Crippen molar-refractivity contribution >= 4 is 45.0 Å². The van der Waals surface area contributed by atoms with Crippen molar-refractivity contribution in [2.45, 2.75) is 19.9 Å². The molecule has 1 atom stereocenters. The number of rotatable bonds is 6. The Hall–Kier alpha value is -3.37. The number of phenolic OH excluding ortho intramolecular Hbond substituents is 1. The molecule has 10 heteroatoms. The molecule has 0 aliphatic carbocycles. The molecule has 36 heavy (non-hydrogen) atoms. The number of nitrogens with zero attached hydrogens (tertiary/aromatic N) is 3. The van der Waals surface area contributed by atoms with Gasteiger partial charge in [-0.05, 0) is 49.8 Å². The SMILES string of the molecule is CCOC(=O)C1=C(C)N=c2s/c(=C\c3cc(Br)cc(OC)c3O)c(=O)n2C1c1ccc(N(C)C)cc1. The molecule has 3 aromatic rings. The number of methoxy groups -OCH3 is 1. The molecule has 0 amide bonds. The number of fused-ring (bicyclic) bond motifs is 1. The van der Waals surface area contributed by atoms with Crippen molar-refractivity contribution in [1.29, 1.82) is 0 Å². The Morgan fingerprint density at radius 3 is 2.58 bits per heavy atom. The van der Waals surface area contributed by atoms with Crippen LogP contribution in [0, 0.1) is 0 Å². The lowest BCUT2D eigenvalue weighted by Gasteiger charge is -2.25. The third-order valence-electron chi connectivity index (χ3n) is 5.82. The van der Waals surface area contributed by atoms with Crippen LogP contribution in [0.1, 0.15) is 31.0 Å². The van der Waals surface area contributed by atoms with Crippen molar-refractivity contribution < 1.29 is 19.4 Å². The maximum absolute atomic E-state index is 13.7. The Kier molecular flexibility index (Phi) is 7.37. The molecule has 2 heterocycles. The summed E-state index contributed by atoms with van der Waals surface area (Å²) in [6, 6.07) is 10.3. The number of benzene rings is 2. The number of aromatic nitrogens is 1. The monoisotopic (exact) mass is 571 g/mol. The summed E-state index contributed by atoms with van der Waals surface area (Å²) < 4.78 is 13.1. The molecular weight excluding hydrogens is 546 g/mol. The molecular formula is C26H26BrN3O5S. The molecule has 0 saturated heterocycles. The normalized spacial score (nSPS) is 15.4. The minimum Gasteiger partial charge on any atom is -0.504 e. The van der Waals surface area contributed by atoms with E-state index in [-0.39, 0.29) is 23.7 Å². The molecule has 1 aliphatic heterocycles. The Labute approximate surface area is 220 Å². The van der Waals surface area contributed by atoms with Crippen LogP contribution in [-0.4, -0.2) is 43.5 Å². The molecule has 1 N–H and O–H groups in total. The van der Waals surface area contributed by atoms with Crippen LogP contribution in [0.2, 0.25) is 0 Å². The smallest absolute Gasteiger partial charge is 0.338 e. The van der Waals surface area contributed by atoms with E-state index < -0.39 is 12.0 Å². The van der Waals surface area contributed by atoms with Crippen molar-refractivity contribution in [2.75, 3.05) is 32.7 Å². The van der Waals surface area contributed by atoms with Gasteiger partial charge in [-0.1, -0.05) is 39.4 Å². The number of halogens is 1. The third-order valence-corrected chi connectivity index (χ3v) is 7.26. The molecule has 1 aromatic heterocycles. The summed E-state index contributed by atoms with van der Waals surface area (Å²) in [5, 5.41) is 10.6. The summed E-state index contributed by atoms with van der Waals surface area (Å²) in [6.07, 6.45) is 1.60. The fraction of sp³-hybridized carbons (Fsp3) is 0.269. The molecule has 0 fully saturated rings. The zero-order valence-corrected chi connectivity index (χ0v) is 22.9. The fourth-order valence-corrected chi connectivity index (χ4v) is 5.55. The van der Waals surface area contributed by atoms with Gasteiger partial charge in [-0.15, -0.1) is 0 Å². The largest absolute Gasteiger partial charge is 0.504 e. The van der Waals surface area contributed by atoms with Crippen LogP contribution in [0.5, 0.6) is 11.5 Å². The highest BCUT2D eigenvalue weighted by atomic mass is 79.9. The molecule has 0 saturated carbocycles. The Balaban J connectivity index is 1.96. The van der Waals surface area contributed by atoms with E-state index in [4.69, 9.17) is 9.47 Å². The first-order valence-electron chi connectivity index (χ1n) is 11.2. The van der Waals surface area contributed by atoms with Gasteiger partial charge < -0.3 is 19.5 Å². The number of ether oxygens (including phenoxy) is 2. The molecule has 8 nitrogen and oxygen atoms in total. The van der Waals surface area contributed by atoms with Crippen LogP contribution < -0.4 is 24.5 Å². The number of carbonyl (C=O) groups is 1. The van der Waals surface area contributed by atoms with Crippen molar-refractivity contribution in [3.63, 3.8) is 0 Å². The minimum absolute atomic E-state index is 0.0780. The summed E-state index contributed by atoms with van der Waals surface area (Å²) in [4.78, 5) is 33.8. The van der Waals surface area contributed by atoms with Crippen LogP contribution in [0.4, 0.5) is 5.69 Å². The van der Waals surface area contributed by atoms with Crippen LogP contribution >= 0.6 is 27.3 Å². The second-order valence-corrected chi connectivity index (χ2v) is 10.3. The van der Waals surface area contributed by atoms with E-state index in [0.717, 1.165) is 11.3 Å². The zero-order chi connectivity index (χ0) is 26.1. The van der Waals surface area contributed by atoms with Gasteiger partial charge in [0.15, 0.2) is 16.3 Å². The maximum atomic E-state index is 13.7. The van der Waals surface area contributed by atoms with E-state index in [1.54, 1.807) is 32.1 Å². The third kappa shape index (κ3) is 4.70. The average molecular weight is 572 g/mol. The Bertz CT molecular complexity index is 1540. The molecule has 2 aromatic carbocycles. The first kappa shape index (κ1) is 25.7. The second kappa shape index (κ2) is 10.3. The number of thiazole rings is 1. The molecule has 1 unspecified atom stereocenters. The van der Waals surface area contributed by atoms with Crippen LogP contribution in [-0.2, 0) is 9.53 Å². The lowest BCUT2D eigenvalue weighted by Crippen LogP contribution is -2.39. The number of esters is 1. The van der Waals surface area contributed by atoms with E-state index in [9.17, 15) is 14.7 Å². The summed E-state index contributed by atoms with van der Waals surface area (Å²) >= 11 is 4.60. The number of allylic oxidation sites excluding steroid dienone is 1. The molecule has 1 aliphatic rings. The summed E-state index contributed by atoms with van der Waals surface area (Å²) in [5.41, 5.74) is 2.66. The van der Waals surface area contributed by atoms with Gasteiger partial charge in [-0.25, -0.2) is 9.79 Å². The van der Waals surface area contributed by atoms with Crippen molar-refractivity contribution in [1.82, 2.24) is 4.57 Å². The Morgan fingerprint density at radius 1 is 1.28 bits per heavy atom. The number of phenols is 1. The zero-order valence-electron chi connectivity index (χ0n) is 20.5. The maximum Gasteiger partial charge on any atom is 0.338 e. The van der Waals surface area contributed by atoms with E-state index in [2.05, 4.69) is 20.9 Å². The molecule has 4 rings (SSSR count). The quantitative estimate of drug-likeness (QED) is 0.456. The van der Waals surface area contributed by atoms with Crippen molar-refractivity contribution in [3.8, 4) is 11.5 Å². The van der Waals surface area contributed by atoms with E-state index in [1.807, 2.05) is 43.3 Å². The van der Waals surface area contributed by atoms with Crippen molar-refractivity contribution in [3.05, 3.63) is 83.0 Å². The summed E-state index contributed by atoms with van der Waals surface area (Å²) in [6.45, 7) is 3.69. The first-order valence-corrected chi connectivity index (χ1v) is 12.8. The van der Waals surface area contributed by atoms with E-state index in [0.29, 0.717) is 30.6 Å². The average Bonchev–Trinajstić information content (AvgIpc) is 3.14. The predicted molar refractivity (Wildman–Crippen MR) is 144 cm³/mol. The lowest BCUT2D eigenvalue weighted by atomic mass is 9.95. The number of aromatic hydroxyl groups is 1. The van der Waals surface area contributed by atoms with Crippen LogP contribution in [0.15, 0.2) is 61.9 Å². The van der Waals surface area contributed by atoms with Crippen LogP contribution in [0.25, 0.3) is 6.08 Å². The van der Waals surface area contributed by atoms with Gasteiger partial charge in [-0.3, -0.25) is 9.36 Å². The number of anilines is 1. The van der Waals surface area contributed by atoms with Gasteiger partial charge in [-0.2, -0.15) is 0 Å². The number of hydrogen-bond acceptors (Lipinski definition) is 8. The second-order valence-electron chi connectivity index (χ2n) is 8.33. The van der Waals surface area contributed by atoms with Crippen molar-refractivity contribution in [2.24, 2.45) is 4.99 Å². The van der Waals surface area contributed by atoms with E-state index in [1.165, 1.54) is 23.0 Å². The fourth-order valence-electron chi connectivity index (χ4n) is 4.06. The van der Waals surface area contributed by atoms with Crippen LogP contribution in [0.3, 0.4) is 0 Å². The molecule has 188 valence electrons. The summed E-state index contributed by atoms with van der Waals surface area (Å²) in [5.74, 6) is -0.308. The standard InChI is InChI=1S/C26H26BrN3O5S/c1-6-35-25(33)21-14(2)28-26-30(22(21)15-7-9-18(10-8-15)29(3)4)24(32)20(36-26)12-16-11-17(27)13-19(34-5)23(16)31/h7-13,22,31H,6H2,1-5H3/b20-12-. The predicted octanol–water partition coefficient (Wildman–Crippen LogP) is 3.34. The first-order chi connectivity index (χ1) is 17.2. The van der Waals surface area contributed by atoms with Gasteiger partial charge in [0.25, 0.3) is 5.56 Å². The molecule has 0 spiro atoms. The molecule has 0 bridgehead atoms. The lowest BCUT2D eigenvalue weighted by molar-refractivity contribution is -0.139. The highest BCUT2D eigenvalue weighted by Gasteiger charge is 2.33. The number of carbonyl (C=O) groups excluding carboxylic acids is 1. The summed E-state index contributed by atoms with van der Waals surface area (Å²) in [7, 11) is 5.34. The van der Waals surface area contributed by atoms with Gasteiger partial charge in [0.1, 0.15) is 0 Å². The minimum atomic E-state index is -0.704. The number of hydrogen-bond donors (Lipinski definition) is 1. The highest BCUT2D eigenvalue weighted by Crippen LogP contribution is 2.34. The van der Waals surface area contributed by atoms with Gasteiger partial charge in [0.2, 0.25) is 0 Å².